The van der Waals surface area contributed by atoms with Crippen LogP contribution in [0.3, 0.4) is 0 Å². The summed E-state index contributed by atoms with van der Waals surface area (Å²) in [6.45, 7) is 0. The lowest BCUT2D eigenvalue weighted by Crippen LogP contribution is -2.70. The minimum Gasteiger partial charge on any atom is -0.433 e. The van der Waals surface area contributed by atoms with Crippen LogP contribution in [0.1, 0.15) is 193 Å². The fourth-order valence-corrected chi connectivity index (χ4v) is 34.4. The molecule has 6 aliphatic carbocycles. The highest BCUT2D eigenvalue weighted by Crippen LogP contribution is 2.59. The molecule has 0 amide bonds. The van der Waals surface area contributed by atoms with Crippen molar-refractivity contribution in [2.45, 2.75) is 226 Å². The molecule has 0 atom stereocenters. The second-order valence-corrected chi connectivity index (χ2v) is 29.6. The molecule has 0 radical (unpaired) electrons. The van der Waals surface area contributed by atoms with Gasteiger partial charge in [-0.2, -0.15) is 0 Å². The summed E-state index contributed by atoms with van der Waals surface area (Å²) in [5, 5.41) is 23.9. The van der Waals surface area contributed by atoms with Gasteiger partial charge in [-0.15, -0.1) is 0 Å². The highest BCUT2D eigenvalue weighted by atomic mass is 28.5. The molecule has 0 aromatic carbocycles. The molecule has 6 aliphatic rings. The summed E-state index contributed by atoms with van der Waals surface area (Å²) in [5.41, 5.74) is 3.58. The molecule has 6 fully saturated rings. The molecule has 0 heterocycles. The average molecular weight is 677 g/mol. The van der Waals surface area contributed by atoms with Crippen LogP contribution >= 0.6 is 0 Å². The summed E-state index contributed by atoms with van der Waals surface area (Å²) >= 11 is 0. The molecule has 0 aliphatic heterocycles. The number of hydrogen-bond acceptors (Lipinski definition) is 4. The first kappa shape index (κ1) is 35.3. The minimum atomic E-state index is -2.84. The van der Waals surface area contributed by atoms with Gasteiger partial charge in [0.2, 0.25) is 16.6 Å². The molecule has 0 aromatic rings. The van der Waals surface area contributed by atoms with Crippen molar-refractivity contribution in [3.8, 4) is 0 Å². The average Bonchev–Trinajstić information content (AvgIpc) is 3.14. The molecule has 4 nitrogen and oxygen atoms in total. The van der Waals surface area contributed by atoms with Crippen molar-refractivity contribution in [1.82, 2.24) is 0 Å². The molecule has 0 saturated heterocycles. The Morgan fingerprint density at radius 1 is 0.311 bits per heavy atom. The molecular weight excluding hydrogens is 605 g/mol. The summed E-state index contributed by atoms with van der Waals surface area (Å²) in [6, 6.07) is 0. The fraction of sp³-hybridized carbons (Fsp3) is 1.00. The topological polar surface area (TPSA) is 58.9 Å². The molecule has 6 saturated carbocycles. The Bertz CT molecular complexity index is 745. The number of aliphatic hydroxyl groups excluding tert-OH is 2. The molecule has 260 valence electrons. The molecule has 45 heavy (non-hydrogen) atoms. The van der Waals surface area contributed by atoms with Gasteiger partial charge in [0, 0.05) is 11.1 Å². The van der Waals surface area contributed by atoms with E-state index in [-0.39, 0.29) is 0 Å². The zero-order chi connectivity index (χ0) is 31.0. The van der Waals surface area contributed by atoms with Crippen molar-refractivity contribution in [2.75, 3.05) is 12.5 Å². The van der Waals surface area contributed by atoms with E-state index >= 15 is 0 Å². The van der Waals surface area contributed by atoms with Crippen LogP contribution < -0.4 is 0 Å². The van der Waals surface area contributed by atoms with E-state index in [0.29, 0.717) is 45.7 Å². The summed E-state index contributed by atoms with van der Waals surface area (Å²) in [5.74, 6) is 0. The maximum atomic E-state index is 12.0. The highest BCUT2D eigenvalue weighted by molar-refractivity contribution is 6.93. The Morgan fingerprint density at radius 2 is 0.511 bits per heavy atom. The van der Waals surface area contributed by atoms with Crippen molar-refractivity contribution in [3.05, 3.63) is 0 Å². The van der Waals surface area contributed by atoms with Crippen LogP contribution in [-0.4, -0.2) is 47.9 Å². The van der Waals surface area contributed by atoms with E-state index in [2.05, 4.69) is 0 Å². The van der Waals surface area contributed by atoms with Crippen LogP contribution in [0.2, 0.25) is 33.2 Å². The Hall–Kier alpha value is 0.491. The Labute approximate surface area is 281 Å². The summed E-state index contributed by atoms with van der Waals surface area (Å²) < 4.78 is 17.2. The molecular formula is C38H72O4Si3. The zero-order valence-electron chi connectivity index (χ0n) is 29.3. The van der Waals surface area contributed by atoms with Gasteiger partial charge in [0.05, 0.1) is 12.5 Å². The van der Waals surface area contributed by atoms with Gasteiger partial charge in [0.25, 0.3) is 0 Å². The Balaban J connectivity index is 1.50. The van der Waals surface area contributed by atoms with Gasteiger partial charge >= 0.3 is 8.56 Å². The minimum absolute atomic E-state index is 0.334. The second-order valence-electron chi connectivity index (χ2n) is 17.2. The van der Waals surface area contributed by atoms with Gasteiger partial charge in [-0.3, -0.25) is 0 Å². The molecule has 2 N–H and O–H groups in total. The normalized spacial score (nSPS) is 27.6. The first-order valence-corrected chi connectivity index (χ1v) is 27.3. The van der Waals surface area contributed by atoms with E-state index in [0.717, 1.165) is 0 Å². The van der Waals surface area contributed by atoms with E-state index in [1.807, 2.05) is 0 Å². The van der Waals surface area contributed by atoms with E-state index in [4.69, 9.17) is 8.23 Å². The van der Waals surface area contributed by atoms with Crippen molar-refractivity contribution in [2.24, 2.45) is 0 Å². The molecule has 0 aromatic heterocycles. The summed E-state index contributed by atoms with van der Waals surface area (Å²) in [4.78, 5) is 0. The SMILES string of the molecule is OC[Si](O[Si](O[Si](CO)(C1CCCCC1)C1CCCCC1)(C1CCCCC1)C1CCCCC1)(C1CCCCC1)C1CCCCC1. The fourth-order valence-electron chi connectivity index (χ4n) is 12.2. The van der Waals surface area contributed by atoms with Crippen molar-refractivity contribution < 1.29 is 18.4 Å². The van der Waals surface area contributed by atoms with Crippen molar-refractivity contribution in [3.63, 3.8) is 0 Å². The highest BCUT2D eigenvalue weighted by Gasteiger charge is 2.65. The van der Waals surface area contributed by atoms with Gasteiger partial charge in [-0.05, 0) is 47.8 Å². The Morgan fingerprint density at radius 3 is 0.711 bits per heavy atom. The maximum absolute atomic E-state index is 12.0. The molecule has 7 heteroatoms. The molecule has 0 bridgehead atoms. The van der Waals surface area contributed by atoms with Crippen molar-refractivity contribution in [1.29, 1.82) is 0 Å². The summed E-state index contributed by atoms with van der Waals surface area (Å²) in [6.07, 6.45) is 40.3. The van der Waals surface area contributed by atoms with Gasteiger partial charge in [0.15, 0.2) is 0 Å². The lowest BCUT2D eigenvalue weighted by molar-refractivity contribution is 0.214. The second kappa shape index (κ2) is 16.9. The van der Waals surface area contributed by atoms with Crippen LogP contribution in [0.15, 0.2) is 0 Å². The van der Waals surface area contributed by atoms with Gasteiger partial charge in [-0.1, -0.05) is 167 Å². The number of rotatable bonds is 12. The van der Waals surface area contributed by atoms with Crippen molar-refractivity contribution >= 4 is 25.2 Å². The Kier molecular flexibility index (Phi) is 13.3. The maximum Gasteiger partial charge on any atom is 0.324 e. The predicted molar refractivity (Wildman–Crippen MR) is 195 cm³/mol. The molecule has 6 rings (SSSR count). The third-order valence-electron chi connectivity index (χ3n) is 14.7. The van der Waals surface area contributed by atoms with E-state index < -0.39 is 25.2 Å². The van der Waals surface area contributed by atoms with E-state index in [1.54, 1.807) is 0 Å². The zero-order valence-corrected chi connectivity index (χ0v) is 32.3. The third kappa shape index (κ3) is 7.65. The first-order valence-electron chi connectivity index (χ1n) is 20.8. The van der Waals surface area contributed by atoms with Crippen LogP contribution in [0.4, 0.5) is 0 Å². The largest absolute Gasteiger partial charge is 0.433 e. The number of aliphatic hydroxyl groups is 2. The van der Waals surface area contributed by atoms with E-state index in [9.17, 15) is 10.2 Å². The summed E-state index contributed by atoms with van der Waals surface area (Å²) in [7, 11) is -7.94. The quantitative estimate of drug-likeness (QED) is 0.202. The van der Waals surface area contributed by atoms with Gasteiger partial charge in [0.1, 0.15) is 0 Å². The monoisotopic (exact) mass is 676 g/mol. The lowest BCUT2D eigenvalue weighted by Gasteiger charge is -2.59. The molecule has 0 unspecified atom stereocenters. The smallest absolute Gasteiger partial charge is 0.324 e. The van der Waals surface area contributed by atoms with Crippen LogP contribution in [0, 0.1) is 0 Å². The van der Waals surface area contributed by atoms with Gasteiger partial charge in [-0.25, -0.2) is 0 Å². The molecule has 0 spiro atoms. The third-order valence-corrected chi connectivity index (χ3v) is 32.6. The van der Waals surface area contributed by atoms with Crippen LogP contribution in [-0.2, 0) is 8.23 Å². The van der Waals surface area contributed by atoms with E-state index in [1.165, 1.54) is 193 Å². The predicted octanol–water partition coefficient (Wildman–Crippen LogP) is 11.4. The van der Waals surface area contributed by atoms with Crippen LogP contribution in [0.25, 0.3) is 0 Å². The number of hydrogen-bond donors (Lipinski definition) is 2. The van der Waals surface area contributed by atoms with Gasteiger partial charge < -0.3 is 18.4 Å². The first-order chi connectivity index (χ1) is 22.2. The standard InChI is InChI=1S/C38H72O4Si3/c39-31-43(33-19-7-1-8-20-33,34-21-9-2-10-22-34)41-45(37-27-15-5-16-28-37,38-29-17-6-18-30-38)42-44(32-40,35-23-11-3-12-24-35)36-25-13-4-14-26-36/h33-40H,1-32H2. The lowest BCUT2D eigenvalue weighted by atomic mass is 9.99. The van der Waals surface area contributed by atoms with Crippen LogP contribution in [0.5, 0.6) is 0 Å².